The van der Waals surface area contributed by atoms with Gasteiger partial charge >= 0.3 is 12.0 Å². The van der Waals surface area contributed by atoms with Crippen molar-refractivity contribution < 1.29 is 14.7 Å². The van der Waals surface area contributed by atoms with Crippen molar-refractivity contribution in [3.63, 3.8) is 0 Å². The van der Waals surface area contributed by atoms with E-state index in [4.69, 9.17) is 11.5 Å². The van der Waals surface area contributed by atoms with E-state index in [0.717, 1.165) is 0 Å². The van der Waals surface area contributed by atoms with Crippen LogP contribution in [0.15, 0.2) is 0 Å². The Kier molecular flexibility index (Phi) is 5.95. The summed E-state index contributed by atoms with van der Waals surface area (Å²) in [5.74, 6) is 0.715. The van der Waals surface area contributed by atoms with Crippen LogP contribution in [0, 0.1) is 24.2 Å². The normalized spacial score (nSPS) is 11.6. The van der Waals surface area contributed by atoms with Crippen molar-refractivity contribution in [1.82, 2.24) is 10.6 Å². The molecule has 0 bridgehead atoms. The fourth-order valence-corrected chi connectivity index (χ4v) is 1.00. The van der Waals surface area contributed by atoms with Gasteiger partial charge in [0, 0.05) is 6.54 Å². The van der Waals surface area contributed by atoms with Crippen molar-refractivity contribution in [1.29, 1.82) is 0 Å². The van der Waals surface area contributed by atoms with Crippen LogP contribution < -0.4 is 10.6 Å². The van der Waals surface area contributed by atoms with Gasteiger partial charge in [0.05, 0.1) is 12.5 Å². The molecular formula is C10H16N2O3. The minimum absolute atomic E-state index is 0.0320. The third-order valence-corrected chi connectivity index (χ3v) is 1.96. The van der Waals surface area contributed by atoms with Crippen LogP contribution in [0.5, 0.6) is 0 Å². The van der Waals surface area contributed by atoms with Crippen molar-refractivity contribution in [2.75, 3.05) is 13.1 Å². The van der Waals surface area contributed by atoms with Crippen LogP contribution in [0.25, 0.3) is 0 Å². The molecule has 0 aliphatic carbocycles. The first-order chi connectivity index (χ1) is 6.99. The highest BCUT2D eigenvalue weighted by Gasteiger charge is 2.21. The smallest absolute Gasteiger partial charge is 0.315 e. The molecule has 84 valence electrons. The van der Waals surface area contributed by atoms with Crippen LogP contribution in [-0.2, 0) is 4.79 Å². The van der Waals surface area contributed by atoms with Gasteiger partial charge in [0.2, 0.25) is 0 Å². The van der Waals surface area contributed by atoms with E-state index < -0.39 is 17.9 Å². The molecule has 0 radical (unpaired) electrons. The molecule has 15 heavy (non-hydrogen) atoms. The molecule has 0 aromatic carbocycles. The average Bonchev–Trinajstić information content (AvgIpc) is 2.13. The van der Waals surface area contributed by atoms with Crippen LogP contribution in [0.4, 0.5) is 4.79 Å². The summed E-state index contributed by atoms with van der Waals surface area (Å²) in [5.41, 5.74) is 0. The number of amides is 2. The first kappa shape index (κ1) is 13.3. The molecule has 0 saturated heterocycles. The van der Waals surface area contributed by atoms with Crippen LogP contribution in [0.2, 0.25) is 0 Å². The Morgan fingerprint density at radius 3 is 2.40 bits per heavy atom. The maximum Gasteiger partial charge on any atom is 0.315 e. The zero-order chi connectivity index (χ0) is 11.8. The summed E-state index contributed by atoms with van der Waals surface area (Å²) in [4.78, 5) is 21.8. The topological polar surface area (TPSA) is 78.4 Å². The molecule has 0 heterocycles. The van der Waals surface area contributed by atoms with Gasteiger partial charge in [0.1, 0.15) is 0 Å². The zero-order valence-electron chi connectivity index (χ0n) is 8.91. The van der Waals surface area contributed by atoms with Gasteiger partial charge in [-0.25, -0.2) is 4.79 Å². The molecule has 5 nitrogen and oxygen atoms in total. The second-order valence-corrected chi connectivity index (χ2v) is 3.46. The number of terminal acetylenes is 1. The van der Waals surface area contributed by atoms with Gasteiger partial charge in [-0.05, 0) is 5.92 Å². The van der Waals surface area contributed by atoms with Gasteiger partial charge in [-0.2, -0.15) is 0 Å². The van der Waals surface area contributed by atoms with Crippen molar-refractivity contribution in [2.24, 2.45) is 11.8 Å². The minimum atomic E-state index is -0.915. The molecule has 1 atom stereocenters. The van der Waals surface area contributed by atoms with E-state index >= 15 is 0 Å². The lowest BCUT2D eigenvalue weighted by atomic mass is 9.96. The Hall–Kier alpha value is -1.70. The summed E-state index contributed by atoms with van der Waals surface area (Å²) in [6.07, 6.45) is 4.94. The number of aliphatic carboxylic acids is 1. The van der Waals surface area contributed by atoms with E-state index in [-0.39, 0.29) is 19.0 Å². The molecule has 0 rings (SSSR count). The standard InChI is InChI=1S/C10H16N2O3/c1-4-5-11-10(15)12-6-8(7(2)3)9(13)14/h1,7-8H,5-6H2,2-3H3,(H,13,14)(H2,11,12,15). The minimum Gasteiger partial charge on any atom is -0.481 e. The second kappa shape index (κ2) is 6.71. The number of hydrogen-bond acceptors (Lipinski definition) is 2. The van der Waals surface area contributed by atoms with Gasteiger partial charge in [-0.3, -0.25) is 4.79 Å². The largest absolute Gasteiger partial charge is 0.481 e. The van der Waals surface area contributed by atoms with Gasteiger partial charge in [-0.1, -0.05) is 19.8 Å². The summed E-state index contributed by atoms with van der Waals surface area (Å²) in [6.45, 7) is 3.81. The van der Waals surface area contributed by atoms with E-state index in [1.54, 1.807) is 13.8 Å². The molecule has 0 aliphatic heterocycles. The van der Waals surface area contributed by atoms with E-state index in [9.17, 15) is 9.59 Å². The third kappa shape index (κ3) is 5.57. The quantitative estimate of drug-likeness (QED) is 0.572. The highest BCUT2D eigenvalue weighted by Crippen LogP contribution is 2.09. The van der Waals surface area contributed by atoms with Gasteiger partial charge in [0.25, 0.3) is 0 Å². The summed E-state index contributed by atoms with van der Waals surface area (Å²) in [6, 6.07) is -0.445. The number of nitrogens with one attached hydrogen (secondary N) is 2. The molecular weight excluding hydrogens is 196 g/mol. The molecule has 3 N–H and O–H groups in total. The number of carboxylic acids is 1. The van der Waals surface area contributed by atoms with Gasteiger partial charge < -0.3 is 15.7 Å². The second-order valence-electron chi connectivity index (χ2n) is 3.46. The monoisotopic (exact) mass is 212 g/mol. The van der Waals surface area contributed by atoms with Crippen LogP contribution in [-0.4, -0.2) is 30.2 Å². The van der Waals surface area contributed by atoms with Crippen molar-refractivity contribution in [2.45, 2.75) is 13.8 Å². The van der Waals surface area contributed by atoms with E-state index in [2.05, 4.69) is 16.6 Å². The third-order valence-electron chi connectivity index (χ3n) is 1.96. The Balaban J connectivity index is 3.96. The van der Waals surface area contributed by atoms with Crippen LogP contribution in [0.1, 0.15) is 13.8 Å². The fourth-order valence-electron chi connectivity index (χ4n) is 1.00. The summed E-state index contributed by atoms with van der Waals surface area (Å²) in [5, 5.41) is 13.7. The van der Waals surface area contributed by atoms with Crippen molar-refractivity contribution in [3.05, 3.63) is 0 Å². The molecule has 5 heteroatoms. The van der Waals surface area contributed by atoms with Crippen molar-refractivity contribution in [3.8, 4) is 12.3 Å². The SMILES string of the molecule is C#CCNC(=O)NCC(C(=O)O)C(C)C. The first-order valence-corrected chi connectivity index (χ1v) is 4.67. The molecule has 0 fully saturated rings. The molecule has 0 spiro atoms. The van der Waals surface area contributed by atoms with Gasteiger partial charge in [0.15, 0.2) is 0 Å². The van der Waals surface area contributed by atoms with E-state index in [0.29, 0.717) is 0 Å². The van der Waals surface area contributed by atoms with Crippen LogP contribution in [0.3, 0.4) is 0 Å². The zero-order valence-corrected chi connectivity index (χ0v) is 8.91. The first-order valence-electron chi connectivity index (χ1n) is 4.67. The maximum atomic E-state index is 11.0. The lowest BCUT2D eigenvalue weighted by Gasteiger charge is -2.16. The number of carbonyl (C=O) groups excluding carboxylic acids is 1. The molecule has 0 aromatic rings. The summed E-state index contributed by atoms with van der Waals surface area (Å²) in [7, 11) is 0. The maximum absolute atomic E-state index is 11.0. The predicted molar refractivity (Wildman–Crippen MR) is 56.2 cm³/mol. The molecule has 1 unspecified atom stereocenters. The van der Waals surface area contributed by atoms with Crippen LogP contribution >= 0.6 is 0 Å². The molecule has 0 aliphatic rings. The Morgan fingerprint density at radius 1 is 1.40 bits per heavy atom. The van der Waals surface area contributed by atoms with Crippen molar-refractivity contribution >= 4 is 12.0 Å². The Labute approximate surface area is 89.2 Å². The number of hydrogen-bond donors (Lipinski definition) is 3. The number of carboxylic acid groups (broad SMARTS) is 1. The molecule has 0 saturated carbocycles. The highest BCUT2D eigenvalue weighted by atomic mass is 16.4. The highest BCUT2D eigenvalue weighted by molar-refractivity contribution is 5.76. The Bertz CT molecular complexity index is 268. The molecule has 0 aromatic heterocycles. The number of urea groups is 1. The van der Waals surface area contributed by atoms with Gasteiger partial charge in [-0.15, -0.1) is 6.42 Å². The number of rotatable bonds is 5. The van der Waals surface area contributed by atoms with E-state index in [1.165, 1.54) is 0 Å². The summed E-state index contributed by atoms with van der Waals surface area (Å²) < 4.78 is 0. The fraction of sp³-hybridized carbons (Fsp3) is 0.600. The Morgan fingerprint density at radius 2 is 2.00 bits per heavy atom. The number of carbonyl (C=O) groups is 2. The van der Waals surface area contributed by atoms with E-state index in [1.807, 2.05) is 0 Å². The lowest BCUT2D eigenvalue weighted by molar-refractivity contribution is -0.142. The predicted octanol–water partition coefficient (Wildman–Crippen LogP) is 0.276. The molecule has 2 amide bonds. The average molecular weight is 212 g/mol. The lowest BCUT2D eigenvalue weighted by Crippen LogP contribution is -2.41. The summed E-state index contributed by atoms with van der Waals surface area (Å²) >= 11 is 0.